The molecular weight excluding hydrogens is 370 g/mol. The SMILES string of the molecule is CC(C)C(NS(=O)(=O)c1ccc(CBr)cc1)c1cccs1. The van der Waals surface area contributed by atoms with E-state index in [1.54, 1.807) is 23.5 Å². The van der Waals surface area contributed by atoms with Crippen molar-refractivity contribution in [3.63, 3.8) is 0 Å². The Bertz CT molecular complexity index is 664. The van der Waals surface area contributed by atoms with Crippen LogP contribution in [0.25, 0.3) is 0 Å². The number of thiophene rings is 1. The molecule has 0 fully saturated rings. The topological polar surface area (TPSA) is 46.2 Å². The molecule has 1 unspecified atom stereocenters. The highest BCUT2D eigenvalue weighted by Crippen LogP contribution is 2.27. The molecule has 0 bridgehead atoms. The highest BCUT2D eigenvalue weighted by molar-refractivity contribution is 9.08. The summed E-state index contributed by atoms with van der Waals surface area (Å²) < 4.78 is 27.9. The number of sulfonamides is 1. The Morgan fingerprint density at radius 1 is 1.19 bits per heavy atom. The van der Waals surface area contributed by atoms with Crippen LogP contribution in [0.1, 0.15) is 30.3 Å². The Morgan fingerprint density at radius 2 is 1.86 bits per heavy atom. The third-order valence-electron chi connectivity index (χ3n) is 3.19. The van der Waals surface area contributed by atoms with E-state index in [2.05, 4.69) is 20.7 Å². The molecule has 114 valence electrons. The fourth-order valence-corrected chi connectivity index (χ4v) is 4.75. The maximum absolute atomic E-state index is 12.5. The Kier molecular flexibility index (Phi) is 5.60. The van der Waals surface area contributed by atoms with Crippen LogP contribution < -0.4 is 4.72 Å². The average Bonchev–Trinajstić information content (AvgIpc) is 2.98. The normalized spacial score (nSPS) is 13.5. The van der Waals surface area contributed by atoms with Gasteiger partial charge in [-0.05, 0) is 35.1 Å². The molecule has 1 aromatic heterocycles. The third-order valence-corrected chi connectivity index (χ3v) is 6.25. The van der Waals surface area contributed by atoms with Crippen LogP contribution in [0.2, 0.25) is 0 Å². The van der Waals surface area contributed by atoms with Crippen molar-refractivity contribution in [1.82, 2.24) is 4.72 Å². The van der Waals surface area contributed by atoms with Gasteiger partial charge in [-0.1, -0.05) is 48.0 Å². The van der Waals surface area contributed by atoms with Gasteiger partial charge in [0, 0.05) is 10.2 Å². The summed E-state index contributed by atoms with van der Waals surface area (Å²) in [5.41, 5.74) is 1.05. The molecule has 0 saturated heterocycles. The number of benzene rings is 1. The summed E-state index contributed by atoms with van der Waals surface area (Å²) in [6.07, 6.45) is 0. The average molecular weight is 388 g/mol. The van der Waals surface area contributed by atoms with E-state index < -0.39 is 10.0 Å². The van der Waals surface area contributed by atoms with Gasteiger partial charge in [-0.2, -0.15) is 0 Å². The van der Waals surface area contributed by atoms with Crippen LogP contribution >= 0.6 is 27.3 Å². The van der Waals surface area contributed by atoms with Crippen LogP contribution in [0, 0.1) is 5.92 Å². The molecule has 0 aliphatic rings. The summed E-state index contributed by atoms with van der Waals surface area (Å²) in [6.45, 7) is 4.03. The first-order valence-electron chi connectivity index (χ1n) is 6.64. The lowest BCUT2D eigenvalue weighted by Crippen LogP contribution is -2.31. The molecule has 1 atom stereocenters. The van der Waals surface area contributed by atoms with E-state index in [-0.39, 0.29) is 12.0 Å². The Hall–Kier alpha value is -0.690. The van der Waals surface area contributed by atoms with Gasteiger partial charge < -0.3 is 0 Å². The number of hydrogen-bond acceptors (Lipinski definition) is 3. The Morgan fingerprint density at radius 3 is 2.33 bits per heavy atom. The van der Waals surface area contributed by atoms with Crippen molar-refractivity contribution in [2.75, 3.05) is 0 Å². The van der Waals surface area contributed by atoms with Gasteiger partial charge in [0.2, 0.25) is 10.0 Å². The molecule has 0 amide bonds. The van der Waals surface area contributed by atoms with Crippen LogP contribution in [-0.4, -0.2) is 8.42 Å². The van der Waals surface area contributed by atoms with E-state index in [0.29, 0.717) is 10.2 Å². The highest BCUT2D eigenvalue weighted by atomic mass is 79.9. The third kappa shape index (κ3) is 4.16. The van der Waals surface area contributed by atoms with Crippen molar-refractivity contribution >= 4 is 37.3 Å². The number of halogens is 1. The van der Waals surface area contributed by atoms with Crippen LogP contribution in [0.3, 0.4) is 0 Å². The van der Waals surface area contributed by atoms with Gasteiger partial charge in [0.15, 0.2) is 0 Å². The molecule has 2 rings (SSSR count). The van der Waals surface area contributed by atoms with E-state index in [1.165, 1.54) is 0 Å². The van der Waals surface area contributed by atoms with Crippen molar-refractivity contribution < 1.29 is 8.42 Å². The predicted octanol–water partition coefficient (Wildman–Crippen LogP) is 4.32. The minimum atomic E-state index is -3.51. The van der Waals surface area contributed by atoms with Gasteiger partial charge >= 0.3 is 0 Å². The molecule has 0 aliphatic carbocycles. The highest BCUT2D eigenvalue weighted by Gasteiger charge is 2.24. The molecule has 21 heavy (non-hydrogen) atoms. The van der Waals surface area contributed by atoms with E-state index in [1.807, 2.05) is 43.5 Å². The molecular formula is C15H18BrNO2S2. The zero-order valence-electron chi connectivity index (χ0n) is 11.9. The van der Waals surface area contributed by atoms with Gasteiger partial charge in [-0.3, -0.25) is 0 Å². The minimum absolute atomic E-state index is 0.181. The summed E-state index contributed by atoms with van der Waals surface area (Å²) >= 11 is 4.92. The van der Waals surface area contributed by atoms with Crippen molar-refractivity contribution in [3.05, 3.63) is 52.2 Å². The van der Waals surface area contributed by atoms with Crippen LogP contribution in [0.15, 0.2) is 46.7 Å². The van der Waals surface area contributed by atoms with Crippen LogP contribution in [0.5, 0.6) is 0 Å². The zero-order valence-corrected chi connectivity index (χ0v) is 15.1. The Balaban J connectivity index is 2.26. The molecule has 0 radical (unpaired) electrons. The van der Waals surface area contributed by atoms with Gasteiger partial charge in [0.25, 0.3) is 0 Å². The largest absolute Gasteiger partial charge is 0.241 e. The summed E-state index contributed by atoms with van der Waals surface area (Å²) in [7, 11) is -3.51. The molecule has 0 spiro atoms. The fourth-order valence-electron chi connectivity index (χ4n) is 1.98. The molecule has 1 aromatic carbocycles. The maximum atomic E-state index is 12.5. The minimum Gasteiger partial charge on any atom is -0.207 e. The number of alkyl halides is 1. The van der Waals surface area contributed by atoms with Crippen molar-refractivity contribution in [2.24, 2.45) is 5.92 Å². The molecule has 3 nitrogen and oxygen atoms in total. The molecule has 1 N–H and O–H groups in total. The lowest BCUT2D eigenvalue weighted by atomic mass is 10.0. The lowest BCUT2D eigenvalue weighted by Gasteiger charge is -2.21. The van der Waals surface area contributed by atoms with E-state index >= 15 is 0 Å². The van der Waals surface area contributed by atoms with Crippen molar-refractivity contribution in [3.8, 4) is 0 Å². The standard InChI is InChI=1S/C15H18BrNO2S2/c1-11(2)15(14-4-3-9-20-14)17-21(18,19)13-7-5-12(10-16)6-8-13/h3-9,11,15,17H,10H2,1-2H3. The molecule has 0 aliphatic heterocycles. The Labute approximate surface area is 138 Å². The number of nitrogens with one attached hydrogen (secondary N) is 1. The van der Waals surface area contributed by atoms with Gasteiger partial charge in [0.05, 0.1) is 10.9 Å². The first-order chi connectivity index (χ1) is 9.94. The summed E-state index contributed by atoms with van der Waals surface area (Å²) in [5.74, 6) is 0.181. The zero-order chi connectivity index (χ0) is 15.5. The molecule has 0 saturated carbocycles. The second-order valence-corrected chi connectivity index (χ2v) is 8.39. The summed E-state index contributed by atoms with van der Waals surface area (Å²) in [5, 5.41) is 2.67. The van der Waals surface area contributed by atoms with E-state index in [0.717, 1.165) is 10.4 Å². The van der Waals surface area contributed by atoms with Gasteiger partial charge in [0.1, 0.15) is 0 Å². The first-order valence-corrected chi connectivity index (χ1v) is 10.1. The molecule has 1 heterocycles. The second kappa shape index (κ2) is 7.05. The van der Waals surface area contributed by atoms with Gasteiger partial charge in [-0.25, -0.2) is 13.1 Å². The fraction of sp³-hybridized carbons (Fsp3) is 0.333. The lowest BCUT2D eigenvalue weighted by molar-refractivity contribution is 0.469. The quantitative estimate of drug-likeness (QED) is 0.750. The van der Waals surface area contributed by atoms with Gasteiger partial charge in [-0.15, -0.1) is 11.3 Å². The first kappa shape index (κ1) is 16.7. The number of hydrogen-bond donors (Lipinski definition) is 1. The molecule has 2 aromatic rings. The second-order valence-electron chi connectivity index (χ2n) is 5.14. The van der Waals surface area contributed by atoms with E-state index in [4.69, 9.17) is 0 Å². The summed E-state index contributed by atoms with van der Waals surface area (Å²) in [6, 6.07) is 10.6. The van der Waals surface area contributed by atoms with Crippen LogP contribution in [0.4, 0.5) is 0 Å². The smallest absolute Gasteiger partial charge is 0.207 e. The van der Waals surface area contributed by atoms with Crippen molar-refractivity contribution in [1.29, 1.82) is 0 Å². The summed E-state index contributed by atoms with van der Waals surface area (Å²) in [4.78, 5) is 1.33. The maximum Gasteiger partial charge on any atom is 0.241 e. The van der Waals surface area contributed by atoms with Crippen LogP contribution in [-0.2, 0) is 15.4 Å². The monoisotopic (exact) mass is 387 g/mol. The van der Waals surface area contributed by atoms with Crippen molar-refractivity contribution in [2.45, 2.75) is 30.1 Å². The number of rotatable bonds is 6. The molecule has 6 heteroatoms. The van der Waals surface area contributed by atoms with E-state index in [9.17, 15) is 8.42 Å². The predicted molar refractivity (Wildman–Crippen MR) is 91.3 cm³/mol.